The number of aryl methyl sites for hydroxylation is 1. The monoisotopic (exact) mass is 240 g/mol. The molecule has 0 fully saturated rings. The Hall–Kier alpha value is -1.56. The van der Waals surface area contributed by atoms with Crippen molar-refractivity contribution in [1.29, 1.82) is 0 Å². The maximum atomic E-state index is 11.8. The molecule has 0 bridgehead atoms. The molecule has 1 aromatic heterocycles. The van der Waals surface area contributed by atoms with E-state index in [1.165, 1.54) is 10.9 Å². The average molecular weight is 240 g/mol. The molecule has 1 rings (SSSR count). The Labute approximate surface area is 101 Å². The van der Waals surface area contributed by atoms with Gasteiger partial charge in [0, 0.05) is 27.3 Å². The zero-order valence-electron chi connectivity index (χ0n) is 10.4. The lowest BCUT2D eigenvalue weighted by molar-refractivity contribution is 0.0944. The number of amides is 1. The van der Waals surface area contributed by atoms with Gasteiger partial charge in [-0.2, -0.15) is 5.10 Å². The number of nitrogens with zero attached hydrogens (tertiary/aromatic N) is 2. The van der Waals surface area contributed by atoms with E-state index in [0.717, 1.165) is 25.9 Å². The third-order valence-corrected chi connectivity index (χ3v) is 2.49. The lowest BCUT2D eigenvalue weighted by Crippen LogP contribution is -2.27. The smallest absolute Gasteiger partial charge is 0.271 e. The van der Waals surface area contributed by atoms with Gasteiger partial charge in [-0.05, 0) is 19.3 Å². The third kappa shape index (κ3) is 4.07. The number of nitrogen functional groups attached to an aromatic ring is 1. The molecule has 0 aliphatic heterocycles. The van der Waals surface area contributed by atoms with Crippen molar-refractivity contribution in [2.24, 2.45) is 7.05 Å². The van der Waals surface area contributed by atoms with Crippen LogP contribution in [0.4, 0.5) is 5.69 Å². The van der Waals surface area contributed by atoms with E-state index >= 15 is 0 Å². The number of methoxy groups -OCH3 is 1. The molecule has 0 spiro atoms. The molecular weight excluding hydrogens is 220 g/mol. The van der Waals surface area contributed by atoms with Gasteiger partial charge in [0.05, 0.1) is 11.9 Å². The fraction of sp³-hybridized carbons (Fsp3) is 0.636. The van der Waals surface area contributed by atoms with Crippen LogP contribution in [-0.2, 0) is 11.8 Å². The zero-order chi connectivity index (χ0) is 12.7. The van der Waals surface area contributed by atoms with Crippen molar-refractivity contribution < 1.29 is 9.53 Å². The van der Waals surface area contributed by atoms with Crippen molar-refractivity contribution in [3.8, 4) is 0 Å². The molecular formula is C11H20N4O2. The van der Waals surface area contributed by atoms with E-state index in [4.69, 9.17) is 10.5 Å². The summed E-state index contributed by atoms with van der Waals surface area (Å²) in [5.74, 6) is -0.172. The van der Waals surface area contributed by atoms with Crippen molar-refractivity contribution in [3.63, 3.8) is 0 Å². The number of anilines is 1. The molecule has 1 aromatic rings. The first-order chi connectivity index (χ1) is 8.16. The van der Waals surface area contributed by atoms with Gasteiger partial charge in [-0.1, -0.05) is 0 Å². The Balaban J connectivity index is 2.26. The summed E-state index contributed by atoms with van der Waals surface area (Å²) in [5, 5.41) is 6.74. The summed E-state index contributed by atoms with van der Waals surface area (Å²) in [4.78, 5) is 11.8. The first kappa shape index (κ1) is 13.5. The fourth-order valence-corrected chi connectivity index (χ4v) is 1.57. The quantitative estimate of drug-likeness (QED) is 0.682. The van der Waals surface area contributed by atoms with E-state index in [9.17, 15) is 4.79 Å². The Kier molecular flexibility index (Phi) is 5.48. The van der Waals surface area contributed by atoms with E-state index in [2.05, 4.69) is 10.4 Å². The average Bonchev–Trinajstić information content (AvgIpc) is 2.63. The standard InChI is InChI=1S/C11H20N4O2/c1-15-10(9(12)8-14-15)11(16)13-6-4-3-5-7-17-2/h8H,3-7,12H2,1-2H3,(H,13,16). The molecule has 0 radical (unpaired) electrons. The maximum Gasteiger partial charge on any atom is 0.271 e. The molecule has 1 amide bonds. The number of hydrogen-bond donors (Lipinski definition) is 2. The Bertz CT molecular complexity index is 343. The fourth-order valence-electron chi connectivity index (χ4n) is 1.57. The third-order valence-electron chi connectivity index (χ3n) is 2.49. The van der Waals surface area contributed by atoms with E-state index in [1.807, 2.05) is 0 Å². The summed E-state index contributed by atoms with van der Waals surface area (Å²) in [6.07, 6.45) is 4.47. The van der Waals surface area contributed by atoms with Gasteiger partial charge in [-0.3, -0.25) is 9.48 Å². The van der Waals surface area contributed by atoms with E-state index in [0.29, 0.717) is 17.9 Å². The molecule has 1 heterocycles. The summed E-state index contributed by atoms with van der Waals surface area (Å²) >= 11 is 0. The van der Waals surface area contributed by atoms with Crippen molar-refractivity contribution in [2.45, 2.75) is 19.3 Å². The summed E-state index contributed by atoms with van der Waals surface area (Å²) in [5.41, 5.74) is 6.48. The normalized spacial score (nSPS) is 10.5. The van der Waals surface area contributed by atoms with Gasteiger partial charge in [-0.25, -0.2) is 0 Å². The largest absolute Gasteiger partial charge is 0.396 e. The number of unbranched alkanes of at least 4 members (excludes halogenated alkanes) is 2. The minimum absolute atomic E-state index is 0.172. The summed E-state index contributed by atoms with van der Waals surface area (Å²) in [7, 11) is 3.39. The lowest BCUT2D eigenvalue weighted by Gasteiger charge is -2.06. The van der Waals surface area contributed by atoms with Gasteiger partial charge in [0.25, 0.3) is 5.91 Å². The van der Waals surface area contributed by atoms with Crippen molar-refractivity contribution in [1.82, 2.24) is 15.1 Å². The Morgan fingerprint density at radius 3 is 2.88 bits per heavy atom. The van der Waals surface area contributed by atoms with Crippen LogP contribution in [-0.4, -0.2) is 35.9 Å². The van der Waals surface area contributed by atoms with Crippen LogP contribution in [0.5, 0.6) is 0 Å². The molecule has 0 aliphatic carbocycles. The predicted molar refractivity (Wildman–Crippen MR) is 65.7 cm³/mol. The Morgan fingerprint density at radius 1 is 1.53 bits per heavy atom. The predicted octanol–water partition coefficient (Wildman–Crippen LogP) is 0.549. The number of rotatable bonds is 7. The van der Waals surface area contributed by atoms with Crippen LogP contribution >= 0.6 is 0 Å². The number of ether oxygens (including phenoxy) is 1. The minimum Gasteiger partial charge on any atom is -0.396 e. The molecule has 0 atom stereocenters. The number of aromatic nitrogens is 2. The Morgan fingerprint density at radius 2 is 2.29 bits per heavy atom. The summed E-state index contributed by atoms with van der Waals surface area (Å²) in [6, 6.07) is 0. The minimum atomic E-state index is -0.172. The van der Waals surface area contributed by atoms with Gasteiger partial charge in [0.1, 0.15) is 5.69 Å². The topological polar surface area (TPSA) is 82.2 Å². The highest BCUT2D eigenvalue weighted by Gasteiger charge is 2.13. The summed E-state index contributed by atoms with van der Waals surface area (Å²) in [6.45, 7) is 1.41. The van der Waals surface area contributed by atoms with Crippen LogP contribution in [0.1, 0.15) is 29.8 Å². The van der Waals surface area contributed by atoms with Gasteiger partial charge in [-0.15, -0.1) is 0 Å². The van der Waals surface area contributed by atoms with Crippen molar-refractivity contribution in [2.75, 3.05) is 26.0 Å². The van der Waals surface area contributed by atoms with Crippen LogP contribution in [0, 0.1) is 0 Å². The van der Waals surface area contributed by atoms with Gasteiger partial charge >= 0.3 is 0 Å². The van der Waals surface area contributed by atoms with E-state index < -0.39 is 0 Å². The number of hydrogen-bond acceptors (Lipinski definition) is 4. The molecule has 0 unspecified atom stereocenters. The van der Waals surface area contributed by atoms with Crippen molar-refractivity contribution >= 4 is 11.6 Å². The molecule has 3 N–H and O–H groups in total. The van der Waals surface area contributed by atoms with Crippen LogP contribution in [0.25, 0.3) is 0 Å². The maximum absolute atomic E-state index is 11.8. The number of carbonyl (C=O) groups excluding carboxylic acids is 1. The molecule has 17 heavy (non-hydrogen) atoms. The van der Waals surface area contributed by atoms with Gasteiger partial charge < -0.3 is 15.8 Å². The number of nitrogens with one attached hydrogen (secondary N) is 1. The number of nitrogens with two attached hydrogens (primary N) is 1. The SMILES string of the molecule is COCCCCCNC(=O)c1c(N)cnn1C. The molecule has 0 saturated carbocycles. The zero-order valence-corrected chi connectivity index (χ0v) is 10.4. The van der Waals surface area contributed by atoms with Crippen LogP contribution in [0.15, 0.2) is 6.20 Å². The molecule has 96 valence electrons. The first-order valence-electron chi connectivity index (χ1n) is 5.71. The van der Waals surface area contributed by atoms with Crippen LogP contribution in [0.2, 0.25) is 0 Å². The number of carbonyl (C=O) groups is 1. The summed E-state index contributed by atoms with van der Waals surface area (Å²) < 4.78 is 6.43. The van der Waals surface area contributed by atoms with Crippen molar-refractivity contribution in [3.05, 3.63) is 11.9 Å². The molecule has 6 nitrogen and oxygen atoms in total. The van der Waals surface area contributed by atoms with Gasteiger partial charge in [0.2, 0.25) is 0 Å². The lowest BCUT2D eigenvalue weighted by atomic mass is 10.2. The molecule has 0 saturated heterocycles. The molecule has 0 aromatic carbocycles. The van der Waals surface area contributed by atoms with Gasteiger partial charge in [0.15, 0.2) is 0 Å². The van der Waals surface area contributed by atoms with Crippen LogP contribution in [0.3, 0.4) is 0 Å². The first-order valence-corrected chi connectivity index (χ1v) is 5.71. The highest BCUT2D eigenvalue weighted by Crippen LogP contribution is 2.08. The highest BCUT2D eigenvalue weighted by atomic mass is 16.5. The second kappa shape index (κ2) is 6.90. The highest BCUT2D eigenvalue weighted by molar-refractivity contribution is 5.97. The molecule has 0 aliphatic rings. The second-order valence-corrected chi connectivity index (χ2v) is 3.88. The van der Waals surface area contributed by atoms with E-state index in [1.54, 1.807) is 14.2 Å². The van der Waals surface area contributed by atoms with E-state index in [-0.39, 0.29) is 5.91 Å². The van der Waals surface area contributed by atoms with Crippen LogP contribution < -0.4 is 11.1 Å². The molecule has 6 heteroatoms. The second-order valence-electron chi connectivity index (χ2n) is 3.88.